The Hall–Kier alpha value is -2.49. The lowest BCUT2D eigenvalue weighted by Crippen LogP contribution is -2.31. The van der Waals surface area contributed by atoms with Crippen LogP contribution in [0.3, 0.4) is 0 Å². The molecule has 2 aromatic carbocycles. The van der Waals surface area contributed by atoms with E-state index in [4.69, 9.17) is 9.47 Å². The molecule has 0 unspecified atom stereocenters. The van der Waals surface area contributed by atoms with Crippen molar-refractivity contribution in [2.75, 3.05) is 32.1 Å². The average Bonchev–Trinajstić information content (AvgIpc) is 2.99. The van der Waals surface area contributed by atoms with Crippen LogP contribution in [-0.2, 0) is 6.42 Å². The van der Waals surface area contributed by atoms with Crippen LogP contribution in [0.25, 0.3) is 11.0 Å². The van der Waals surface area contributed by atoms with Gasteiger partial charge in [-0.25, -0.2) is 4.98 Å². The highest BCUT2D eigenvalue weighted by Crippen LogP contribution is 2.32. The third-order valence-electron chi connectivity index (χ3n) is 4.56. The number of nitrogens with one attached hydrogen (secondary N) is 3. The van der Waals surface area contributed by atoms with E-state index in [2.05, 4.69) is 25.6 Å². The van der Waals surface area contributed by atoms with Gasteiger partial charge in [0.2, 0.25) is 0 Å². The molecule has 1 aliphatic heterocycles. The summed E-state index contributed by atoms with van der Waals surface area (Å²) in [5.41, 5.74) is 3.00. The molecule has 3 N–H and O–H groups in total. The van der Waals surface area contributed by atoms with Crippen molar-refractivity contribution < 1.29 is 9.47 Å². The van der Waals surface area contributed by atoms with Crippen LogP contribution in [0.4, 0.5) is 5.69 Å². The van der Waals surface area contributed by atoms with Gasteiger partial charge in [0.25, 0.3) is 0 Å². The van der Waals surface area contributed by atoms with E-state index in [1.54, 1.807) is 7.05 Å². The topological polar surface area (TPSA) is 83.6 Å². The Morgan fingerprint density at radius 3 is 2.79 bits per heavy atom. The Morgan fingerprint density at radius 2 is 1.97 bits per heavy atom. The number of rotatable bonds is 5. The molecule has 4 rings (SSSR count). The van der Waals surface area contributed by atoms with Gasteiger partial charge in [0.1, 0.15) is 5.82 Å². The zero-order valence-corrected chi connectivity index (χ0v) is 18.7. The van der Waals surface area contributed by atoms with Crippen LogP contribution in [0.15, 0.2) is 47.5 Å². The van der Waals surface area contributed by atoms with Crippen molar-refractivity contribution in [1.29, 1.82) is 0 Å². The average molecular weight is 507 g/mol. The molecule has 0 atom stereocenters. The summed E-state index contributed by atoms with van der Waals surface area (Å²) in [6, 6.07) is 13.9. The standard InChI is InChI=1S/C21H25N5O2.HI/c1-22-21(24-15-9-10-18-19(14-15)28-13-5-12-27-18)23-11-4-8-20-25-16-6-2-3-7-17(16)26-20;/h2-3,6-7,9-10,14H,4-5,8,11-13H2,1H3,(H,25,26)(H2,22,23,24);1H. The Morgan fingerprint density at radius 1 is 1.14 bits per heavy atom. The highest BCUT2D eigenvalue weighted by Gasteiger charge is 2.11. The van der Waals surface area contributed by atoms with Crippen molar-refractivity contribution in [3.8, 4) is 11.5 Å². The van der Waals surface area contributed by atoms with E-state index in [0.29, 0.717) is 13.2 Å². The zero-order valence-electron chi connectivity index (χ0n) is 16.4. The number of aromatic amines is 1. The molecule has 0 spiro atoms. The molecule has 3 aromatic rings. The third-order valence-corrected chi connectivity index (χ3v) is 4.56. The molecule has 0 amide bonds. The zero-order chi connectivity index (χ0) is 19.2. The highest BCUT2D eigenvalue weighted by atomic mass is 127. The highest BCUT2D eigenvalue weighted by molar-refractivity contribution is 14.0. The molecule has 154 valence electrons. The van der Waals surface area contributed by atoms with E-state index in [1.807, 2.05) is 42.5 Å². The molecule has 1 aromatic heterocycles. The summed E-state index contributed by atoms with van der Waals surface area (Å²) in [5, 5.41) is 6.64. The fourth-order valence-corrected chi connectivity index (χ4v) is 3.14. The second-order valence-electron chi connectivity index (χ2n) is 6.64. The third kappa shape index (κ3) is 5.53. The number of guanidine groups is 1. The van der Waals surface area contributed by atoms with Crippen LogP contribution >= 0.6 is 24.0 Å². The summed E-state index contributed by atoms with van der Waals surface area (Å²) in [6.45, 7) is 2.15. The summed E-state index contributed by atoms with van der Waals surface area (Å²) < 4.78 is 11.4. The number of fused-ring (bicyclic) bond motifs is 2. The number of H-pyrrole nitrogens is 1. The number of halogens is 1. The first-order valence-electron chi connectivity index (χ1n) is 9.63. The minimum absolute atomic E-state index is 0. The maximum atomic E-state index is 5.74. The van der Waals surface area contributed by atoms with Gasteiger partial charge in [-0.3, -0.25) is 4.99 Å². The number of hydrogen-bond acceptors (Lipinski definition) is 4. The van der Waals surface area contributed by atoms with E-state index in [0.717, 1.165) is 65.8 Å². The summed E-state index contributed by atoms with van der Waals surface area (Å²) in [7, 11) is 1.76. The van der Waals surface area contributed by atoms with Gasteiger partial charge in [-0.05, 0) is 30.7 Å². The van der Waals surface area contributed by atoms with Crippen LogP contribution in [-0.4, -0.2) is 42.7 Å². The summed E-state index contributed by atoms with van der Waals surface area (Å²) >= 11 is 0. The summed E-state index contributed by atoms with van der Waals surface area (Å²) in [6.07, 6.45) is 2.72. The second-order valence-corrected chi connectivity index (χ2v) is 6.64. The number of aromatic nitrogens is 2. The molecule has 2 heterocycles. The smallest absolute Gasteiger partial charge is 0.195 e. The SMILES string of the molecule is CN=C(NCCCc1nc2ccccc2[nH]1)Nc1ccc2c(c1)OCCCO2.I. The van der Waals surface area contributed by atoms with Gasteiger partial charge < -0.3 is 25.1 Å². The van der Waals surface area contributed by atoms with Gasteiger partial charge in [0.15, 0.2) is 17.5 Å². The van der Waals surface area contributed by atoms with E-state index in [-0.39, 0.29) is 24.0 Å². The van der Waals surface area contributed by atoms with Crippen molar-refractivity contribution in [2.24, 2.45) is 4.99 Å². The molecule has 7 nitrogen and oxygen atoms in total. The largest absolute Gasteiger partial charge is 0.490 e. The molecule has 0 bridgehead atoms. The quantitative estimate of drug-likeness (QED) is 0.211. The maximum absolute atomic E-state index is 5.74. The first kappa shape index (κ1) is 21.2. The first-order chi connectivity index (χ1) is 13.8. The molecule has 0 saturated heterocycles. The molecule has 8 heteroatoms. The molecular weight excluding hydrogens is 481 g/mol. The van der Waals surface area contributed by atoms with Crippen molar-refractivity contribution in [2.45, 2.75) is 19.3 Å². The minimum atomic E-state index is 0. The lowest BCUT2D eigenvalue weighted by atomic mass is 10.2. The molecule has 0 radical (unpaired) electrons. The summed E-state index contributed by atoms with van der Waals surface area (Å²) in [4.78, 5) is 12.3. The number of imidazole rings is 1. The van der Waals surface area contributed by atoms with Gasteiger partial charge in [0.05, 0.1) is 24.2 Å². The van der Waals surface area contributed by atoms with Crippen molar-refractivity contribution in [3.05, 3.63) is 48.3 Å². The van der Waals surface area contributed by atoms with Crippen LogP contribution < -0.4 is 20.1 Å². The monoisotopic (exact) mass is 507 g/mol. The number of hydrogen-bond donors (Lipinski definition) is 3. The molecule has 29 heavy (non-hydrogen) atoms. The normalized spacial score (nSPS) is 13.5. The fraction of sp³-hybridized carbons (Fsp3) is 0.333. The van der Waals surface area contributed by atoms with E-state index in [1.165, 1.54) is 0 Å². The van der Waals surface area contributed by atoms with Gasteiger partial charge >= 0.3 is 0 Å². The van der Waals surface area contributed by atoms with Gasteiger partial charge in [-0.1, -0.05) is 12.1 Å². The molecule has 0 aliphatic carbocycles. The molecule has 1 aliphatic rings. The predicted molar refractivity (Wildman–Crippen MR) is 127 cm³/mol. The Kier molecular flexibility index (Phi) is 7.56. The van der Waals surface area contributed by atoms with Crippen LogP contribution in [0.5, 0.6) is 11.5 Å². The number of nitrogens with zero attached hydrogens (tertiary/aromatic N) is 2. The Bertz CT molecular complexity index is 940. The van der Waals surface area contributed by atoms with E-state index >= 15 is 0 Å². The van der Waals surface area contributed by atoms with E-state index in [9.17, 15) is 0 Å². The number of anilines is 1. The lowest BCUT2D eigenvalue weighted by molar-refractivity contribution is 0.297. The van der Waals surface area contributed by atoms with Gasteiger partial charge in [-0.15, -0.1) is 24.0 Å². The molecular formula is C21H26IN5O2. The fourth-order valence-electron chi connectivity index (χ4n) is 3.14. The first-order valence-corrected chi connectivity index (χ1v) is 9.63. The predicted octanol–water partition coefficient (Wildman–Crippen LogP) is 3.96. The van der Waals surface area contributed by atoms with Crippen LogP contribution in [0.1, 0.15) is 18.7 Å². The minimum Gasteiger partial charge on any atom is -0.490 e. The van der Waals surface area contributed by atoms with Gasteiger partial charge in [0, 0.05) is 38.2 Å². The van der Waals surface area contributed by atoms with Crippen LogP contribution in [0.2, 0.25) is 0 Å². The second kappa shape index (κ2) is 10.3. The van der Waals surface area contributed by atoms with Crippen molar-refractivity contribution in [1.82, 2.24) is 15.3 Å². The number of aryl methyl sites for hydroxylation is 1. The van der Waals surface area contributed by atoms with Crippen molar-refractivity contribution in [3.63, 3.8) is 0 Å². The molecule has 0 fully saturated rings. The van der Waals surface area contributed by atoms with E-state index < -0.39 is 0 Å². The number of para-hydroxylation sites is 2. The van der Waals surface area contributed by atoms with Gasteiger partial charge in [-0.2, -0.15) is 0 Å². The maximum Gasteiger partial charge on any atom is 0.195 e. The Labute approximate surface area is 187 Å². The number of benzene rings is 2. The Balaban J connectivity index is 0.00000240. The van der Waals surface area contributed by atoms with Crippen LogP contribution in [0, 0.1) is 0 Å². The summed E-state index contributed by atoms with van der Waals surface area (Å²) in [5.74, 6) is 3.28. The number of aliphatic imine (C=N–C) groups is 1. The lowest BCUT2D eigenvalue weighted by Gasteiger charge is -2.13. The molecule has 0 saturated carbocycles. The van der Waals surface area contributed by atoms with Crippen molar-refractivity contribution >= 4 is 46.7 Å². The number of ether oxygens (including phenoxy) is 2.